The molecule has 2 rings (SSSR count). The summed E-state index contributed by atoms with van der Waals surface area (Å²) in [4.78, 5) is 10.8. The fourth-order valence-corrected chi connectivity index (χ4v) is 2.05. The van der Waals surface area contributed by atoms with Gasteiger partial charge in [0, 0.05) is 0 Å². The second kappa shape index (κ2) is 5.70. The Kier molecular flexibility index (Phi) is 4.00. The van der Waals surface area contributed by atoms with E-state index in [1.165, 1.54) is 5.56 Å². The molecule has 1 unspecified atom stereocenters. The van der Waals surface area contributed by atoms with Crippen molar-refractivity contribution in [2.24, 2.45) is 0 Å². The third-order valence-electron chi connectivity index (χ3n) is 3.56. The first-order chi connectivity index (χ1) is 9.11. The molecule has 0 radical (unpaired) electrons. The van der Waals surface area contributed by atoms with E-state index >= 15 is 0 Å². The van der Waals surface area contributed by atoms with E-state index in [9.17, 15) is 4.79 Å². The molecule has 0 amide bonds. The fraction of sp³-hybridized carbons (Fsp3) is 0.235. The number of rotatable bonds is 4. The quantitative estimate of drug-likeness (QED) is 0.868. The second-order valence-electron chi connectivity index (χ2n) is 4.81. The normalized spacial score (nSPS) is 12.1. The maximum Gasteiger partial charge on any atom is 0.335 e. The Morgan fingerprint density at radius 2 is 1.47 bits per heavy atom. The van der Waals surface area contributed by atoms with Gasteiger partial charge in [0.1, 0.15) is 0 Å². The summed E-state index contributed by atoms with van der Waals surface area (Å²) in [6.07, 6.45) is 1.13. The van der Waals surface area contributed by atoms with Crippen LogP contribution in [0.5, 0.6) is 0 Å². The Morgan fingerprint density at radius 1 is 1.00 bits per heavy atom. The van der Waals surface area contributed by atoms with Gasteiger partial charge in [0.25, 0.3) is 0 Å². The Hall–Kier alpha value is -2.09. The summed E-state index contributed by atoms with van der Waals surface area (Å²) in [5.41, 5.74) is 3.82. The van der Waals surface area contributed by atoms with E-state index < -0.39 is 5.97 Å². The first kappa shape index (κ1) is 13.3. The predicted octanol–water partition coefficient (Wildman–Crippen LogP) is 4.57. The van der Waals surface area contributed by atoms with E-state index in [0.29, 0.717) is 11.5 Å². The molecule has 98 valence electrons. The summed E-state index contributed by atoms with van der Waals surface area (Å²) in [6.45, 7) is 4.40. The van der Waals surface area contributed by atoms with Gasteiger partial charge in [-0.25, -0.2) is 4.79 Å². The van der Waals surface area contributed by atoms with Crippen molar-refractivity contribution in [3.63, 3.8) is 0 Å². The zero-order valence-corrected chi connectivity index (χ0v) is 11.3. The molecule has 0 saturated carbocycles. The summed E-state index contributed by atoms with van der Waals surface area (Å²) in [6, 6.07) is 15.5. The van der Waals surface area contributed by atoms with Gasteiger partial charge >= 0.3 is 5.97 Å². The highest BCUT2D eigenvalue weighted by atomic mass is 16.4. The minimum atomic E-state index is -0.890. The van der Waals surface area contributed by atoms with Crippen molar-refractivity contribution in [2.45, 2.75) is 26.2 Å². The summed E-state index contributed by atoms with van der Waals surface area (Å²) in [7, 11) is 0. The number of hydrogen-bond acceptors (Lipinski definition) is 1. The lowest BCUT2D eigenvalue weighted by molar-refractivity contribution is 0.0697. The number of carboxylic acids is 1. The fourth-order valence-electron chi connectivity index (χ4n) is 2.05. The van der Waals surface area contributed by atoms with Gasteiger partial charge in [0.2, 0.25) is 0 Å². The van der Waals surface area contributed by atoms with Crippen LogP contribution < -0.4 is 0 Å². The van der Waals surface area contributed by atoms with Crippen LogP contribution in [0.25, 0.3) is 11.1 Å². The molecule has 0 aliphatic carbocycles. The van der Waals surface area contributed by atoms with Crippen LogP contribution in [-0.4, -0.2) is 11.1 Å². The standard InChI is InChI=1S/C17H18O2/c1-3-12(2)13-4-6-14(7-5-13)15-8-10-16(11-9-15)17(18)19/h4-12H,3H2,1-2H3,(H,18,19). The van der Waals surface area contributed by atoms with Crippen LogP contribution in [0.4, 0.5) is 0 Å². The van der Waals surface area contributed by atoms with Crippen molar-refractivity contribution >= 4 is 5.97 Å². The van der Waals surface area contributed by atoms with Gasteiger partial charge in [0.15, 0.2) is 0 Å². The van der Waals surface area contributed by atoms with E-state index in [1.807, 2.05) is 12.1 Å². The third kappa shape index (κ3) is 3.02. The van der Waals surface area contributed by atoms with Crippen molar-refractivity contribution in [3.05, 3.63) is 59.7 Å². The van der Waals surface area contributed by atoms with Crippen molar-refractivity contribution < 1.29 is 9.90 Å². The van der Waals surface area contributed by atoms with Crippen LogP contribution in [0.1, 0.15) is 42.1 Å². The molecule has 0 heterocycles. The summed E-state index contributed by atoms with van der Waals surface area (Å²) in [5, 5.41) is 8.87. The molecule has 19 heavy (non-hydrogen) atoms. The SMILES string of the molecule is CCC(C)c1ccc(-c2ccc(C(=O)O)cc2)cc1. The number of hydrogen-bond donors (Lipinski definition) is 1. The van der Waals surface area contributed by atoms with Crippen LogP contribution in [0.15, 0.2) is 48.5 Å². The van der Waals surface area contributed by atoms with Gasteiger partial charge in [-0.1, -0.05) is 50.2 Å². The minimum Gasteiger partial charge on any atom is -0.478 e. The Balaban J connectivity index is 2.24. The molecular formula is C17H18O2. The summed E-state index contributed by atoms with van der Waals surface area (Å²) >= 11 is 0. The summed E-state index contributed by atoms with van der Waals surface area (Å²) < 4.78 is 0. The molecular weight excluding hydrogens is 236 g/mol. The molecule has 1 atom stereocenters. The molecule has 2 aromatic carbocycles. The molecule has 0 aromatic heterocycles. The molecule has 2 nitrogen and oxygen atoms in total. The first-order valence-electron chi connectivity index (χ1n) is 6.55. The van der Waals surface area contributed by atoms with Crippen LogP contribution in [0.3, 0.4) is 0 Å². The molecule has 0 saturated heterocycles. The van der Waals surface area contributed by atoms with E-state index in [2.05, 4.69) is 38.1 Å². The lowest BCUT2D eigenvalue weighted by atomic mass is 9.95. The van der Waals surface area contributed by atoms with Gasteiger partial charge in [0.05, 0.1) is 5.56 Å². The van der Waals surface area contributed by atoms with Crippen LogP contribution in [0.2, 0.25) is 0 Å². The number of carboxylic acid groups (broad SMARTS) is 1. The number of carbonyl (C=O) groups is 1. The van der Waals surface area contributed by atoms with Crippen LogP contribution >= 0.6 is 0 Å². The molecule has 2 aromatic rings. The van der Waals surface area contributed by atoms with Gasteiger partial charge in [-0.2, -0.15) is 0 Å². The largest absolute Gasteiger partial charge is 0.478 e. The average Bonchev–Trinajstić information content (AvgIpc) is 2.46. The molecule has 0 aliphatic heterocycles. The minimum absolute atomic E-state index is 0.319. The van der Waals surface area contributed by atoms with E-state index in [4.69, 9.17) is 5.11 Å². The molecule has 2 heteroatoms. The van der Waals surface area contributed by atoms with Gasteiger partial charge in [-0.05, 0) is 41.2 Å². The maximum absolute atomic E-state index is 10.8. The molecule has 0 aliphatic rings. The summed E-state index contributed by atoms with van der Waals surface area (Å²) in [5.74, 6) is -0.317. The van der Waals surface area contributed by atoms with Crippen molar-refractivity contribution in [3.8, 4) is 11.1 Å². The van der Waals surface area contributed by atoms with Crippen molar-refractivity contribution in [1.82, 2.24) is 0 Å². The highest BCUT2D eigenvalue weighted by Crippen LogP contribution is 2.24. The highest BCUT2D eigenvalue weighted by molar-refractivity contribution is 5.88. The van der Waals surface area contributed by atoms with Crippen molar-refractivity contribution in [1.29, 1.82) is 0 Å². The molecule has 0 fully saturated rings. The maximum atomic E-state index is 10.8. The lowest BCUT2D eigenvalue weighted by Gasteiger charge is -2.10. The third-order valence-corrected chi connectivity index (χ3v) is 3.56. The molecule has 0 spiro atoms. The average molecular weight is 254 g/mol. The number of aromatic carboxylic acids is 1. The molecule has 1 N–H and O–H groups in total. The molecule has 0 bridgehead atoms. The Labute approximate surface area is 113 Å². The smallest absolute Gasteiger partial charge is 0.335 e. The van der Waals surface area contributed by atoms with Crippen molar-refractivity contribution in [2.75, 3.05) is 0 Å². The zero-order chi connectivity index (χ0) is 13.8. The second-order valence-corrected chi connectivity index (χ2v) is 4.81. The van der Waals surface area contributed by atoms with E-state index in [0.717, 1.165) is 17.5 Å². The predicted molar refractivity (Wildman–Crippen MR) is 77.5 cm³/mol. The monoisotopic (exact) mass is 254 g/mol. The van der Waals surface area contributed by atoms with E-state index in [-0.39, 0.29) is 0 Å². The Morgan fingerprint density at radius 3 is 1.89 bits per heavy atom. The topological polar surface area (TPSA) is 37.3 Å². The van der Waals surface area contributed by atoms with E-state index in [1.54, 1.807) is 12.1 Å². The Bertz CT molecular complexity index is 553. The van der Waals surface area contributed by atoms with Gasteiger partial charge in [-0.15, -0.1) is 0 Å². The highest BCUT2D eigenvalue weighted by Gasteiger charge is 2.05. The zero-order valence-electron chi connectivity index (χ0n) is 11.3. The van der Waals surface area contributed by atoms with Crippen LogP contribution in [-0.2, 0) is 0 Å². The lowest BCUT2D eigenvalue weighted by Crippen LogP contribution is -1.95. The first-order valence-corrected chi connectivity index (χ1v) is 6.55. The number of benzene rings is 2. The van der Waals surface area contributed by atoms with Gasteiger partial charge < -0.3 is 5.11 Å². The van der Waals surface area contributed by atoms with Crippen LogP contribution in [0, 0.1) is 0 Å². The van der Waals surface area contributed by atoms with Gasteiger partial charge in [-0.3, -0.25) is 0 Å².